The zero-order valence-electron chi connectivity index (χ0n) is 22.0. The fourth-order valence-corrected chi connectivity index (χ4v) is 5.62. The van der Waals surface area contributed by atoms with Crippen molar-refractivity contribution in [2.45, 2.75) is 37.6 Å². The number of rotatable bonds is 7. The summed E-state index contributed by atoms with van der Waals surface area (Å²) in [6, 6.07) is 20.3. The molecule has 0 saturated heterocycles. The zero-order chi connectivity index (χ0) is 26.9. The highest BCUT2D eigenvalue weighted by Crippen LogP contribution is 2.48. The summed E-state index contributed by atoms with van der Waals surface area (Å²) < 4.78 is 0. The number of benzene rings is 3. The van der Waals surface area contributed by atoms with E-state index < -0.39 is 5.41 Å². The molecule has 8 nitrogen and oxygen atoms in total. The number of aromatic amines is 1. The number of aryl methyl sites for hydroxylation is 3. The molecule has 1 aromatic heterocycles. The van der Waals surface area contributed by atoms with Gasteiger partial charge in [-0.1, -0.05) is 59.8 Å². The van der Waals surface area contributed by atoms with Crippen LogP contribution in [-0.4, -0.2) is 40.6 Å². The van der Waals surface area contributed by atoms with Gasteiger partial charge in [0.1, 0.15) is 0 Å². The molecule has 2 atom stereocenters. The van der Waals surface area contributed by atoms with Gasteiger partial charge in [-0.3, -0.25) is 4.79 Å². The monoisotopic (exact) mass is 507 g/mol. The van der Waals surface area contributed by atoms with Gasteiger partial charge in [-0.05, 0) is 77.8 Å². The Kier molecular flexibility index (Phi) is 6.82. The van der Waals surface area contributed by atoms with Crippen molar-refractivity contribution in [1.82, 2.24) is 31.3 Å². The molecule has 0 bridgehead atoms. The summed E-state index contributed by atoms with van der Waals surface area (Å²) in [7, 11) is 3.51. The lowest BCUT2D eigenvalue weighted by Gasteiger charge is -2.36. The van der Waals surface area contributed by atoms with Crippen LogP contribution in [0.5, 0.6) is 0 Å². The number of carbonyl (C=O) groups excluding carboxylic acids is 1. The molecule has 0 spiro atoms. The summed E-state index contributed by atoms with van der Waals surface area (Å²) in [5.74, 6) is 0.432. The fraction of sp³-hybridized carbons (Fsp3) is 0.267. The molecule has 3 aromatic carbocycles. The lowest BCUT2D eigenvalue weighted by atomic mass is 9.67. The van der Waals surface area contributed by atoms with E-state index in [0.29, 0.717) is 17.8 Å². The first-order valence-corrected chi connectivity index (χ1v) is 12.8. The molecule has 0 saturated carbocycles. The van der Waals surface area contributed by atoms with E-state index >= 15 is 0 Å². The van der Waals surface area contributed by atoms with Crippen LogP contribution in [0.25, 0.3) is 5.70 Å². The second-order valence-electron chi connectivity index (χ2n) is 9.91. The smallest absolute Gasteiger partial charge is 0.251 e. The molecule has 1 amide bonds. The first-order valence-electron chi connectivity index (χ1n) is 12.8. The zero-order valence-corrected chi connectivity index (χ0v) is 22.0. The number of hydrogen-bond donors (Lipinski definition) is 4. The molecule has 0 aliphatic heterocycles. The highest BCUT2D eigenvalue weighted by molar-refractivity contribution is 5.94. The predicted octanol–water partition coefficient (Wildman–Crippen LogP) is 3.58. The molecule has 1 aliphatic rings. The molecule has 194 valence electrons. The van der Waals surface area contributed by atoms with Gasteiger partial charge in [-0.2, -0.15) is 5.21 Å². The Morgan fingerprint density at radius 1 is 1.00 bits per heavy atom. The largest absolute Gasteiger partial charge is 0.388 e. The van der Waals surface area contributed by atoms with Gasteiger partial charge < -0.3 is 16.4 Å². The molecular formula is C30H33N7O. The summed E-state index contributed by atoms with van der Waals surface area (Å²) in [5, 5.41) is 21.6. The van der Waals surface area contributed by atoms with Gasteiger partial charge in [0, 0.05) is 31.4 Å². The fourth-order valence-electron chi connectivity index (χ4n) is 5.62. The number of fused-ring (bicyclic) bond motifs is 2. The third kappa shape index (κ3) is 4.37. The molecular weight excluding hydrogens is 474 g/mol. The third-order valence-electron chi connectivity index (χ3n) is 7.69. The van der Waals surface area contributed by atoms with E-state index in [4.69, 9.17) is 5.73 Å². The molecule has 0 fully saturated rings. The van der Waals surface area contributed by atoms with Crippen LogP contribution in [0.15, 0.2) is 67.2 Å². The second-order valence-corrected chi connectivity index (χ2v) is 9.91. The number of nitrogens with one attached hydrogen (secondary N) is 3. The van der Waals surface area contributed by atoms with Gasteiger partial charge in [-0.15, -0.1) is 10.2 Å². The van der Waals surface area contributed by atoms with Crippen LogP contribution in [-0.2, 0) is 18.3 Å². The number of carbonyl (C=O) groups is 1. The Bertz CT molecular complexity index is 1410. The van der Waals surface area contributed by atoms with Crippen molar-refractivity contribution in [1.29, 1.82) is 0 Å². The Balaban J connectivity index is 1.77. The van der Waals surface area contributed by atoms with E-state index in [1.165, 1.54) is 5.56 Å². The number of hydrogen-bond acceptors (Lipinski definition) is 6. The molecule has 1 heterocycles. The summed E-state index contributed by atoms with van der Waals surface area (Å²) >= 11 is 0. The Labute approximate surface area is 222 Å². The number of nitrogens with two attached hydrogens (primary N) is 1. The average molecular weight is 508 g/mol. The van der Waals surface area contributed by atoms with Gasteiger partial charge in [0.05, 0.1) is 5.41 Å². The van der Waals surface area contributed by atoms with E-state index in [9.17, 15) is 4.79 Å². The Morgan fingerprint density at radius 2 is 1.63 bits per heavy atom. The van der Waals surface area contributed by atoms with Crippen LogP contribution >= 0.6 is 0 Å². The molecule has 4 aromatic rings. The van der Waals surface area contributed by atoms with E-state index in [1.807, 2.05) is 25.2 Å². The Morgan fingerprint density at radius 3 is 2.21 bits per heavy atom. The van der Waals surface area contributed by atoms with Crippen LogP contribution in [0.1, 0.15) is 67.6 Å². The summed E-state index contributed by atoms with van der Waals surface area (Å²) in [6.07, 6.45) is 2.05. The van der Waals surface area contributed by atoms with Gasteiger partial charge in [0.2, 0.25) is 0 Å². The number of aromatic nitrogens is 4. The normalized spacial score (nSPS) is 17.1. The second kappa shape index (κ2) is 10.2. The molecule has 5 N–H and O–H groups in total. The average Bonchev–Trinajstić information content (AvgIpc) is 3.45. The van der Waals surface area contributed by atoms with Gasteiger partial charge in [-0.25, -0.2) is 0 Å². The highest BCUT2D eigenvalue weighted by atomic mass is 16.1. The van der Waals surface area contributed by atoms with Crippen molar-refractivity contribution in [2.75, 3.05) is 14.1 Å². The quantitative estimate of drug-likeness (QED) is 0.303. The van der Waals surface area contributed by atoms with E-state index in [1.54, 1.807) is 7.05 Å². The number of tetrazole rings is 1. The minimum absolute atomic E-state index is 0.122. The molecule has 1 unspecified atom stereocenters. The van der Waals surface area contributed by atoms with E-state index in [2.05, 4.69) is 87.2 Å². The van der Waals surface area contributed by atoms with Crippen molar-refractivity contribution in [3.05, 3.63) is 118 Å². The maximum atomic E-state index is 12.5. The van der Waals surface area contributed by atoms with Crippen molar-refractivity contribution < 1.29 is 4.79 Å². The molecule has 8 heteroatoms. The van der Waals surface area contributed by atoms with Crippen molar-refractivity contribution in [3.63, 3.8) is 0 Å². The third-order valence-corrected chi connectivity index (χ3v) is 7.69. The van der Waals surface area contributed by atoms with Crippen molar-refractivity contribution in [2.24, 2.45) is 5.73 Å². The minimum Gasteiger partial charge on any atom is -0.388 e. The lowest BCUT2D eigenvalue weighted by molar-refractivity contribution is 0.0963. The summed E-state index contributed by atoms with van der Waals surface area (Å²) in [6.45, 7) is 6.23. The molecule has 0 radical (unpaired) electrons. The topological polar surface area (TPSA) is 122 Å². The maximum Gasteiger partial charge on any atom is 0.251 e. The van der Waals surface area contributed by atoms with Crippen LogP contribution in [0.3, 0.4) is 0 Å². The van der Waals surface area contributed by atoms with Crippen LogP contribution in [0, 0.1) is 6.92 Å². The van der Waals surface area contributed by atoms with Gasteiger partial charge >= 0.3 is 0 Å². The van der Waals surface area contributed by atoms with Crippen LogP contribution < -0.4 is 16.4 Å². The van der Waals surface area contributed by atoms with E-state index in [-0.39, 0.29) is 11.9 Å². The summed E-state index contributed by atoms with van der Waals surface area (Å²) in [5.41, 5.74) is 15.2. The van der Waals surface area contributed by atoms with Gasteiger partial charge in [0.25, 0.3) is 5.91 Å². The number of H-pyrrole nitrogens is 1. The standard InChI is InChI=1S/C30H33N7O/c1-18-5-7-20(8-6-18)27(31)17-30(29-34-36-37-35-29)25-13-11-21(19(2)32-3)15-22(25)9-10-23-16-24(28(38)33-4)12-14-26(23)30/h5-8,11-16,27,32H,2,9-10,17,31H2,1,3-4H3,(H,33,38)(H,34,35,36,37)/t27-,30?/m1/s1. The Hall–Kier alpha value is -4.30. The predicted molar refractivity (Wildman–Crippen MR) is 149 cm³/mol. The number of nitrogens with zero attached hydrogens (tertiary/aromatic N) is 3. The van der Waals surface area contributed by atoms with Crippen molar-refractivity contribution in [3.8, 4) is 0 Å². The molecule has 1 aliphatic carbocycles. The summed E-state index contributed by atoms with van der Waals surface area (Å²) in [4.78, 5) is 12.5. The maximum absolute atomic E-state index is 12.5. The first-order chi connectivity index (χ1) is 18.4. The lowest BCUT2D eigenvalue weighted by Crippen LogP contribution is -2.36. The van der Waals surface area contributed by atoms with Crippen LogP contribution in [0.4, 0.5) is 0 Å². The van der Waals surface area contributed by atoms with Crippen LogP contribution in [0.2, 0.25) is 0 Å². The van der Waals surface area contributed by atoms with Gasteiger partial charge in [0.15, 0.2) is 5.82 Å². The SMILES string of the molecule is C=C(NC)c1ccc2c(c1)CCc1cc(C(=O)NC)ccc1C2(C[C@@H](N)c1ccc(C)cc1)c1nn[nH]n1. The molecule has 5 rings (SSSR count). The highest BCUT2D eigenvalue weighted by Gasteiger charge is 2.46. The van der Waals surface area contributed by atoms with E-state index in [0.717, 1.165) is 51.9 Å². The number of amides is 1. The first kappa shape index (κ1) is 25.4. The molecule has 38 heavy (non-hydrogen) atoms. The minimum atomic E-state index is -0.792. The van der Waals surface area contributed by atoms with Crippen molar-refractivity contribution >= 4 is 11.6 Å².